The topological polar surface area (TPSA) is 29.5 Å². The molecular formula is C10H12O2. The van der Waals surface area contributed by atoms with E-state index < -0.39 is 0 Å². The summed E-state index contributed by atoms with van der Waals surface area (Å²) in [5.74, 6) is 0.910. The van der Waals surface area contributed by atoms with Gasteiger partial charge in [-0.2, -0.15) is 0 Å². The fourth-order valence-electron chi connectivity index (χ4n) is 0.971. The first-order valence-corrected chi connectivity index (χ1v) is 3.77. The van der Waals surface area contributed by atoms with E-state index in [-0.39, 0.29) is 5.75 Å². The molecule has 2 nitrogen and oxygen atoms in total. The number of methoxy groups -OCH3 is 1. The lowest BCUT2D eigenvalue weighted by molar-refractivity contribution is 0.407. The lowest BCUT2D eigenvalue weighted by Gasteiger charge is -2.02. The Morgan fingerprint density at radius 1 is 1.42 bits per heavy atom. The molecule has 0 fully saturated rings. The van der Waals surface area contributed by atoms with Gasteiger partial charge in [0.05, 0.1) is 7.11 Å². The summed E-state index contributed by atoms with van der Waals surface area (Å²) in [5.41, 5.74) is 0.804. The van der Waals surface area contributed by atoms with Gasteiger partial charge >= 0.3 is 0 Å². The van der Waals surface area contributed by atoms with Crippen molar-refractivity contribution in [1.82, 2.24) is 0 Å². The highest BCUT2D eigenvalue weighted by Gasteiger charge is 1.98. The zero-order valence-corrected chi connectivity index (χ0v) is 7.24. The lowest BCUT2D eigenvalue weighted by Crippen LogP contribution is -1.82. The highest BCUT2D eigenvalue weighted by molar-refractivity contribution is 5.58. The monoisotopic (exact) mass is 164 g/mol. The summed E-state index contributed by atoms with van der Waals surface area (Å²) in [6.45, 7) is 1.91. The van der Waals surface area contributed by atoms with Crippen molar-refractivity contribution >= 4 is 6.08 Å². The number of ether oxygens (including phenoxy) is 1. The zero-order valence-electron chi connectivity index (χ0n) is 7.24. The first kappa shape index (κ1) is 8.65. The molecule has 0 aliphatic carbocycles. The van der Waals surface area contributed by atoms with Gasteiger partial charge in [0.1, 0.15) is 11.5 Å². The lowest BCUT2D eigenvalue weighted by atomic mass is 10.2. The van der Waals surface area contributed by atoms with Gasteiger partial charge in [-0.1, -0.05) is 12.2 Å². The maximum atomic E-state index is 9.42. The van der Waals surface area contributed by atoms with Crippen molar-refractivity contribution < 1.29 is 9.84 Å². The SMILES string of the molecule is C/C=C/c1ccc(OC)cc1O. The van der Waals surface area contributed by atoms with Crippen molar-refractivity contribution in [3.63, 3.8) is 0 Å². The summed E-state index contributed by atoms with van der Waals surface area (Å²) >= 11 is 0. The number of rotatable bonds is 2. The molecule has 0 atom stereocenters. The average molecular weight is 164 g/mol. The van der Waals surface area contributed by atoms with Gasteiger partial charge in [0.25, 0.3) is 0 Å². The molecule has 0 amide bonds. The van der Waals surface area contributed by atoms with E-state index in [0.717, 1.165) is 5.56 Å². The third-order valence-electron chi connectivity index (χ3n) is 1.58. The summed E-state index contributed by atoms with van der Waals surface area (Å²) in [6.07, 6.45) is 3.72. The molecule has 0 aromatic heterocycles. The summed E-state index contributed by atoms with van der Waals surface area (Å²) in [6, 6.07) is 5.22. The number of allylic oxidation sites excluding steroid dienone is 1. The third kappa shape index (κ3) is 1.78. The number of hydrogen-bond donors (Lipinski definition) is 1. The first-order chi connectivity index (χ1) is 5.77. The Balaban J connectivity index is 3.03. The molecule has 2 heteroatoms. The van der Waals surface area contributed by atoms with E-state index in [4.69, 9.17) is 4.74 Å². The predicted molar refractivity (Wildman–Crippen MR) is 49.4 cm³/mol. The molecule has 12 heavy (non-hydrogen) atoms. The van der Waals surface area contributed by atoms with Gasteiger partial charge in [-0.15, -0.1) is 0 Å². The Hall–Kier alpha value is -1.44. The van der Waals surface area contributed by atoms with E-state index in [1.54, 1.807) is 13.2 Å². The molecule has 0 bridgehead atoms. The zero-order chi connectivity index (χ0) is 8.97. The molecule has 0 radical (unpaired) electrons. The van der Waals surface area contributed by atoms with Crippen LogP contribution in [0.2, 0.25) is 0 Å². The highest BCUT2D eigenvalue weighted by Crippen LogP contribution is 2.24. The fourth-order valence-corrected chi connectivity index (χ4v) is 0.971. The van der Waals surface area contributed by atoms with Gasteiger partial charge in [0.15, 0.2) is 0 Å². The number of phenolic OH excluding ortho intramolecular Hbond substituents is 1. The normalized spacial score (nSPS) is 10.5. The molecule has 1 aromatic rings. The van der Waals surface area contributed by atoms with E-state index in [1.807, 2.05) is 31.2 Å². The Labute approximate surface area is 72.1 Å². The number of phenols is 1. The quantitative estimate of drug-likeness (QED) is 0.727. The Kier molecular flexibility index (Phi) is 2.75. The molecule has 0 saturated heterocycles. The molecule has 0 unspecified atom stereocenters. The van der Waals surface area contributed by atoms with E-state index in [9.17, 15) is 5.11 Å². The standard InChI is InChI=1S/C10H12O2/c1-3-4-8-5-6-9(12-2)7-10(8)11/h3-7,11H,1-2H3/b4-3+. The summed E-state index contributed by atoms with van der Waals surface area (Å²) < 4.78 is 4.94. The smallest absolute Gasteiger partial charge is 0.126 e. The van der Waals surface area contributed by atoms with Crippen molar-refractivity contribution in [3.8, 4) is 11.5 Å². The van der Waals surface area contributed by atoms with E-state index in [1.165, 1.54) is 0 Å². The van der Waals surface area contributed by atoms with Crippen LogP contribution in [0, 0.1) is 0 Å². The van der Waals surface area contributed by atoms with Crippen LogP contribution in [0.5, 0.6) is 11.5 Å². The van der Waals surface area contributed by atoms with Crippen LogP contribution in [0.4, 0.5) is 0 Å². The Bertz CT molecular complexity index is 290. The Morgan fingerprint density at radius 3 is 2.67 bits per heavy atom. The predicted octanol–water partition coefficient (Wildman–Crippen LogP) is 2.43. The summed E-state index contributed by atoms with van der Waals surface area (Å²) in [4.78, 5) is 0. The number of aromatic hydroxyl groups is 1. The van der Waals surface area contributed by atoms with Crippen molar-refractivity contribution in [3.05, 3.63) is 29.8 Å². The van der Waals surface area contributed by atoms with Gasteiger partial charge in [-0.3, -0.25) is 0 Å². The Morgan fingerprint density at radius 2 is 2.17 bits per heavy atom. The van der Waals surface area contributed by atoms with E-state index >= 15 is 0 Å². The number of benzene rings is 1. The van der Waals surface area contributed by atoms with Crippen LogP contribution in [0.25, 0.3) is 6.08 Å². The van der Waals surface area contributed by atoms with Crippen LogP contribution in [-0.4, -0.2) is 12.2 Å². The van der Waals surface area contributed by atoms with Crippen LogP contribution in [-0.2, 0) is 0 Å². The van der Waals surface area contributed by atoms with Crippen molar-refractivity contribution in [1.29, 1.82) is 0 Å². The molecule has 1 N–H and O–H groups in total. The van der Waals surface area contributed by atoms with Crippen molar-refractivity contribution in [2.75, 3.05) is 7.11 Å². The summed E-state index contributed by atoms with van der Waals surface area (Å²) in [7, 11) is 1.57. The molecule has 1 rings (SSSR count). The fraction of sp³-hybridized carbons (Fsp3) is 0.200. The van der Waals surface area contributed by atoms with Gasteiger partial charge < -0.3 is 9.84 Å². The largest absolute Gasteiger partial charge is 0.507 e. The average Bonchev–Trinajstić information content (AvgIpc) is 2.09. The van der Waals surface area contributed by atoms with Crippen LogP contribution in [0.15, 0.2) is 24.3 Å². The molecular weight excluding hydrogens is 152 g/mol. The maximum Gasteiger partial charge on any atom is 0.126 e. The minimum atomic E-state index is 0.243. The minimum absolute atomic E-state index is 0.243. The van der Waals surface area contributed by atoms with Gasteiger partial charge in [0.2, 0.25) is 0 Å². The second kappa shape index (κ2) is 3.81. The van der Waals surface area contributed by atoms with Crippen LogP contribution >= 0.6 is 0 Å². The van der Waals surface area contributed by atoms with Gasteiger partial charge in [0, 0.05) is 11.6 Å². The second-order valence-corrected chi connectivity index (χ2v) is 2.42. The van der Waals surface area contributed by atoms with Crippen LogP contribution < -0.4 is 4.74 Å². The molecule has 0 heterocycles. The molecule has 1 aromatic carbocycles. The number of hydrogen-bond acceptors (Lipinski definition) is 2. The summed E-state index contributed by atoms with van der Waals surface area (Å²) in [5, 5.41) is 9.42. The third-order valence-corrected chi connectivity index (χ3v) is 1.58. The van der Waals surface area contributed by atoms with E-state index in [0.29, 0.717) is 5.75 Å². The van der Waals surface area contributed by atoms with Gasteiger partial charge in [-0.05, 0) is 19.1 Å². The first-order valence-electron chi connectivity index (χ1n) is 3.77. The van der Waals surface area contributed by atoms with E-state index in [2.05, 4.69) is 0 Å². The minimum Gasteiger partial charge on any atom is -0.507 e. The van der Waals surface area contributed by atoms with Crippen molar-refractivity contribution in [2.24, 2.45) is 0 Å². The second-order valence-electron chi connectivity index (χ2n) is 2.42. The van der Waals surface area contributed by atoms with Crippen molar-refractivity contribution in [2.45, 2.75) is 6.92 Å². The highest BCUT2D eigenvalue weighted by atomic mass is 16.5. The molecule has 0 spiro atoms. The van der Waals surface area contributed by atoms with Gasteiger partial charge in [-0.25, -0.2) is 0 Å². The maximum absolute atomic E-state index is 9.42. The van der Waals surface area contributed by atoms with Crippen LogP contribution in [0.1, 0.15) is 12.5 Å². The molecule has 0 aliphatic rings. The molecule has 0 aliphatic heterocycles. The molecule has 64 valence electrons. The molecule has 0 saturated carbocycles. The van der Waals surface area contributed by atoms with Crippen LogP contribution in [0.3, 0.4) is 0 Å².